The van der Waals surface area contributed by atoms with E-state index in [0.29, 0.717) is 12.8 Å². The summed E-state index contributed by atoms with van der Waals surface area (Å²) in [5.74, 6) is -0.615. The predicted molar refractivity (Wildman–Crippen MR) is 215 cm³/mol. The summed E-state index contributed by atoms with van der Waals surface area (Å²) in [6.45, 7) is 3.66. The van der Waals surface area contributed by atoms with E-state index in [-0.39, 0.29) is 6.42 Å². The predicted octanol–water partition coefficient (Wildman–Crippen LogP) is 5.80. The van der Waals surface area contributed by atoms with Gasteiger partial charge in [-0.05, 0) is 57.8 Å². The summed E-state index contributed by atoms with van der Waals surface area (Å²) in [4.78, 5) is 23.3. The van der Waals surface area contributed by atoms with Gasteiger partial charge in [-0.15, -0.1) is 0 Å². The second kappa shape index (κ2) is 31.5. The van der Waals surface area contributed by atoms with Gasteiger partial charge in [0.25, 0.3) is 0 Å². The minimum atomic E-state index is -5.14. The molecular weight excluding hydrogens is 729 g/mol. The maximum Gasteiger partial charge on any atom is 0.472 e. The fourth-order valence-corrected chi connectivity index (χ4v) is 7.39. The number of hydrogen-bond acceptors (Lipinski definition) is 11. The molecule has 13 nitrogen and oxygen atoms in total. The van der Waals surface area contributed by atoms with Crippen LogP contribution in [-0.4, -0.2) is 108 Å². The zero-order valence-electron chi connectivity index (χ0n) is 33.6. The normalized spacial score (nSPS) is 24.8. The number of aliphatic hydroxyl groups is 7. The molecule has 0 bridgehead atoms. The number of nitrogens with one attached hydrogen (secondary N) is 1. The molecule has 14 heteroatoms. The molecule has 0 aromatic carbocycles. The molecule has 55 heavy (non-hydrogen) atoms. The van der Waals surface area contributed by atoms with Gasteiger partial charge in [0.2, 0.25) is 5.91 Å². The highest BCUT2D eigenvalue weighted by Gasteiger charge is 2.51. The minimum absolute atomic E-state index is 0.264. The average Bonchev–Trinajstić information content (AvgIpc) is 3.15. The van der Waals surface area contributed by atoms with Crippen molar-refractivity contribution in [2.24, 2.45) is 0 Å². The highest BCUT2D eigenvalue weighted by atomic mass is 31.2. The van der Waals surface area contributed by atoms with E-state index in [1.165, 1.54) is 76.7 Å². The van der Waals surface area contributed by atoms with Gasteiger partial charge in [-0.25, -0.2) is 4.57 Å². The van der Waals surface area contributed by atoms with Gasteiger partial charge in [-0.3, -0.25) is 13.8 Å². The number of carbonyl (C=O) groups is 1. The van der Waals surface area contributed by atoms with E-state index in [1.807, 2.05) is 0 Å². The van der Waals surface area contributed by atoms with Crippen LogP contribution >= 0.6 is 7.82 Å². The first-order chi connectivity index (χ1) is 26.3. The van der Waals surface area contributed by atoms with Crippen molar-refractivity contribution in [3.8, 4) is 0 Å². The van der Waals surface area contributed by atoms with E-state index in [0.717, 1.165) is 51.4 Å². The SMILES string of the molecule is CCCCCCC/C=C/CC/C=C/C(O)C(COP(=O)(O)OC1C(O)C(O)C(O)C(O)C1O)NC(=O)CC(O)CCCCC/C=C\CCCCCCCCC. The van der Waals surface area contributed by atoms with Crippen LogP contribution in [0.4, 0.5) is 0 Å². The van der Waals surface area contributed by atoms with E-state index < -0.39 is 75.2 Å². The Morgan fingerprint density at radius 1 is 0.636 bits per heavy atom. The summed E-state index contributed by atoms with van der Waals surface area (Å²) >= 11 is 0. The van der Waals surface area contributed by atoms with Crippen LogP contribution in [0, 0.1) is 0 Å². The standard InChI is InChI=1S/C41H76NO12P/c1-3-5-7-9-11-13-15-16-17-19-20-22-24-26-28-32(43)30-35(45)42-33(34(44)29-27-25-23-21-18-14-12-10-8-6-4-2)31-53-55(51,52)54-41-39(49)37(47)36(46)38(48)40(41)50/h17-19,21,27,29,32-34,36-41,43-44,46-50H,3-16,20,22-26,28,30-31H2,1-2H3,(H,42,45)(H,51,52)/b19-17-,21-18+,29-27+. The van der Waals surface area contributed by atoms with Crippen LogP contribution < -0.4 is 5.32 Å². The zero-order valence-corrected chi connectivity index (χ0v) is 34.5. The second-order valence-corrected chi connectivity index (χ2v) is 16.4. The average molecular weight is 806 g/mol. The van der Waals surface area contributed by atoms with Crippen molar-refractivity contribution >= 4 is 13.7 Å². The minimum Gasteiger partial charge on any atom is -0.393 e. The third-order valence-electron chi connectivity index (χ3n) is 9.95. The van der Waals surface area contributed by atoms with E-state index in [1.54, 1.807) is 6.08 Å². The van der Waals surface area contributed by atoms with Crippen molar-refractivity contribution in [3.05, 3.63) is 36.5 Å². The Morgan fingerprint density at radius 3 is 1.60 bits per heavy atom. The maximum absolute atomic E-state index is 12.9. The lowest BCUT2D eigenvalue weighted by Gasteiger charge is -2.41. The molecular formula is C41H76NO12P. The van der Waals surface area contributed by atoms with Crippen LogP contribution in [0.1, 0.15) is 155 Å². The van der Waals surface area contributed by atoms with Gasteiger partial charge in [0.15, 0.2) is 0 Å². The number of hydrogen-bond donors (Lipinski definition) is 9. The number of amides is 1. The van der Waals surface area contributed by atoms with Gasteiger partial charge in [0.05, 0.1) is 31.3 Å². The van der Waals surface area contributed by atoms with Gasteiger partial charge in [-0.2, -0.15) is 0 Å². The van der Waals surface area contributed by atoms with E-state index in [2.05, 4.69) is 43.5 Å². The Kier molecular flexibility index (Phi) is 29.5. The number of phosphoric acid groups is 1. The lowest BCUT2D eigenvalue weighted by atomic mass is 9.85. The van der Waals surface area contributed by atoms with Crippen molar-refractivity contribution in [1.29, 1.82) is 0 Å². The molecule has 0 aliphatic heterocycles. The van der Waals surface area contributed by atoms with Crippen LogP contribution in [-0.2, 0) is 18.4 Å². The van der Waals surface area contributed by atoms with Gasteiger partial charge in [0.1, 0.15) is 36.6 Å². The maximum atomic E-state index is 12.9. The van der Waals surface area contributed by atoms with Crippen LogP contribution in [0.5, 0.6) is 0 Å². The van der Waals surface area contributed by atoms with E-state index in [4.69, 9.17) is 9.05 Å². The smallest absolute Gasteiger partial charge is 0.393 e. The monoisotopic (exact) mass is 806 g/mol. The van der Waals surface area contributed by atoms with Crippen LogP contribution in [0.25, 0.3) is 0 Å². The van der Waals surface area contributed by atoms with Gasteiger partial charge < -0.3 is 46.0 Å². The fourth-order valence-electron chi connectivity index (χ4n) is 6.43. The molecule has 1 aliphatic carbocycles. The first kappa shape index (κ1) is 51.5. The molecule has 1 rings (SSSR count). The first-order valence-electron chi connectivity index (χ1n) is 21.0. The van der Waals surface area contributed by atoms with Crippen LogP contribution in [0.2, 0.25) is 0 Å². The molecule has 322 valence electrons. The number of rotatable bonds is 33. The quantitative estimate of drug-likeness (QED) is 0.0218. The summed E-state index contributed by atoms with van der Waals surface area (Å²) in [6, 6.07) is -1.26. The van der Waals surface area contributed by atoms with E-state index in [9.17, 15) is 50.0 Å². The summed E-state index contributed by atoms with van der Waals surface area (Å²) in [6.07, 6.45) is 19.7. The largest absolute Gasteiger partial charge is 0.472 e. The summed E-state index contributed by atoms with van der Waals surface area (Å²) < 4.78 is 22.7. The lowest BCUT2D eigenvalue weighted by molar-refractivity contribution is -0.220. The molecule has 8 unspecified atom stereocenters. The second-order valence-electron chi connectivity index (χ2n) is 15.0. The third kappa shape index (κ3) is 24.1. The molecule has 0 aromatic heterocycles. The van der Waals surface area contributed by atoms with Gasteiger partial charge >= 0.3 is 7.82 Å². The van der Waals surface area contributed by atoms with Crippen LogP contribution in [0.3, 0.4) is 0 Å². The molecule has 0 spiro atoms. The van der Waals surface area contributed by atoms with Crippen molar-refractivity contribution in [1.82, 2.24) is 5.32 Å². The number of phosphoric ester groups is 1. The highest BCUT2D eigenvalue weighted by molar-refractivity contribution is 7.47. The molecule has 1 aliphatic rings. The molecule has 1 fully saturated rings. The molecule has 9 N–H and O–H groups in total. The summed E-state index contributed by atoms with van der Waals surface area (Å²) in [5.41, 5.74) is 0. The topological polar surface area (TPSA) is 226 Å². The molecule has 0 saturated heterocycles. The van der Waals surface area contributed by atoms with Gasteiger partial charge in [0, 0.05) is 0 Å². The van der Waals surface area contributed by atoms with E-state index >= 15 is 0 Å². The van der Waals surface area contributed by atoms with Crippen molar-refractivity contribution in [2.75, 3.05) is 6.61 Å². The molecule has 1 amide bonds. The highest BCUT2D eigenvalue weighted by Crippen LogP contribution is 2.47. The zero-order chi connectivity index (χ0) is 40.9. The molecule has 0 aromatic rings. The Balaban J connectivity index is 2.63. The van der Waals surface area contributed by atoms with Gasteiger partial charge in [-0.1, -0.05) is 127 Å². The number of aliphatic hydroxyl groups excluding tert-OH is 7. The molecule has 0 radical (unpaired) electrons. The third-order valence-corrected chi connectivity index (χ3v) is 10.9. The first-order valence-corrected chi connectivity index (χ1v) is 22.5. The Labute approximate surface area is 330 Å². The number of carbonyl (C=O) groups excluding carboxylic acids is 1. The Bertz CT molecular complexity index is 1090. The fraction of sp³-hybridized carbons (Fsp3) is 0.829. The summed E-state index contributed by atoms with van der Waals surface area (Å²) in [5, 5.41) is 74.1. The molecule has 1 saturated carbocycles. The number of unbranched alkanes of at least 4 members (excludes halogenated alkanes) is 16. The Hall–Kier alpha value is -1.48. The summed E-state index contributed by atoms with van der Waals surface area (Å²) in [7, 11) is -5.14. The van der Waals surface area contributed by atoms with Crippen molar-refractivity contribution < 1.29 is 59.0 Å². The van der Waals surface area contributed by atoms with Crippen molar-refractivity contribution in [2.45, 2.75) is 210 Å². The number of allylic oxidation sites excluding steroid dienone is 5. The van der Waals surface area contributed by atoms with Crippen molar-refractivity contribution in [3.63, 3.8) is 0 Å². The van der Waals surface area contributed by atoms with Crippen LogP contribution in [0.15, 0.2) is 36.5 Å². The Morgan fingerprint density at radius 2 is 1.07 bits per heavy atom. The molecule has 0 heterocycles. The molecule has 8 atom stereocenters. The lowest BCUT2D eigenvalue weighted by Crippen LogP contribution is -2.64.